The summed E-state index contributed by atoms with van der Waals surface area (Å²) in [6.07, 6.45) is -0.889. The molecule has 0 aliphatic carbocycles. The first kappa shape index (κ1) is 29.4. The monoisotopic (exact) mass is 584 g/mol. The maximum absolute atomic E-state index is 11.3. The highest BCUT2D eigenvalue weighted by atomic mass is 16.5. The van der Waals surface area contributed by atoms with Crippen molar-refractivity contribution in [1.82, 2.24) is 0 Å². The van der Waals surface area contributed by atoms with Gasteiger partial charge in [-0.3, -0.25) is 0 Å². The van der Waals surface area contributed by atoms with Crippen LogP contribution in [0, 0.1) is 0 Å². The van der Waals surface area contributed by atoms with Crippen LogP contribution in [0.15, 0.2) is 133 Å². The lowest BCUT2D eigenvalue weighted by molar-refractivity contribution is -0.0666. The Kier molecular flexibility index (Phi) is 8.89. The number of hydrogen-bond donors (Lipinski definition) is 1. The second-order valence-corrected chi connectivity index (χ2v) is 10.7. The first-order valence-electron chi connectivity index (χ1n) is 14.8. The zero-order chi connectivity index (χ0) is 30.4. The fraction of sp³-hybridized carbons (Fsp3) is 0.179. The van der Waals surface area contributed by atoms with E-state index in [1.165, 1.54) is 0 Å². The van der Waals surface area contributed by atoms with Gasteiger partial charge in [0.1, 0.15) is 11.7 Å². The van der Waals surface area contributed by atoms with Crippen molar-refractivity contribution in [3.05, 3.63) is 156 Å². The maximum atomic E-state index is 11.3. The van der Waals surface area contributed by atoms with Crippen molar-refractivity contribution in [3.8, 4) is 11.5 Å². The molecular formula is C39H36O5. The number of aliphatic hydroxyl groups is 1. The van der Waals surface area contributed by atoms with Crippen molar-refractivity contribution in [2.24, 2.45) is 0 Å². The topological polar surface area (TPSA) is 57.2 Å². The van der Waals surface area contributed by atoms with Gasteiger partial charge >= 0.3 is 0 Å². The van der Waals surface area contributed by atoms with Gasteiger partial charge in [0.25, 0.3) is 0 Å². The maximum Gasteiger partial charge on any atom is 0.167 e. The standard InChI is InChI=1S/C39H36O5/c1-41-37-23-13-22-36(38(37)42-2)39(30-16-5-3-6-17-30,31-18-7-4-8-19-31)44-26-32(40)25-43-27-35-33-20-11-9-14-28(33)24-29-15-10-12-21-34(29)35/h3-24,32,40H,25-27H2,1-2H3/t32-/m0/s1. The second kappa shape index (κ2) is 13.3. The number of para-hydroxylation sites is 1. The first-order chi connectivity index (χ1) is 21.7. The molecule has 0 aliphatic heterocycles. The van der Waals surface area contributed by atoms with Gasteiger partial charge in [-0.25, -0.2) is 0 Å². The van der Waals surface area contributed by atoms with Gasteiger partial charge in [0, 0.05) is 5.56 Å². The van der Waals surface area contributed by atoms with E-state index in [2.05, 4.69) is 30.3 Å². The minimum absolute atomic E-state index is 0.0143. The molecule has 0 bridgehead atoms. The normalized spacial score (nSPS) is 12.3. The van der Waals surface area contributed by atoms with Crippen LogP contribution in [-0.4, -0.2) is 38.6 Å². The van der Waals surface area contributed by atoms with E-state index in [4.69, 9.17) is 18.9 Å². The van der Waals surface area contributed by atoms with Gasteiger partial charge in [0.15, 0.2) is 11.5 Å². The largest absolute Gasteiger partial charge is 0.493 e. The molecule has 0 heterocycles. The quantitative estimate of drug-likeness (QED) is 0.117. The van der Waals surface area contributed by atoms with Crippen molar-refractivity contribution in [3.63, 3.8) is 0 Å². The molecule has 5 nitrogen and oxygen atoms in total. The van der Waals surface area contributed by atoms with E-state index in [1.807, 2.05) is 103 Å². The minimum atomic E-state index is -1.10. The van der Waals surface area contributed by atoms with E-state index in [9.17, 15) is 5.11 Å². The number of aliphatic hydroxyl groups excluding tert-OH is 1. The third-order valence-electron chi connectivity index (χ3n) is 8.07. The van der Waals surface area contributed by atoms with E-state index in [0.29, 0.717) is 18.1 Å². The third kappa shape index (κ3) is 5.65. The van der Waals surface area contributed by atoms with Crippen molar-refractivity contribution in [2.45, 2.75) is 18.3 Å². The van der Waals surface area contributed by atoms with Crippen LogP contribution < -0.4 is 9.47 Å². The highest BCUT2D eigenvalue weighted by molar-refractivity contribution is 6.02. The second-order valence-electron chi connectivity index (χ2n) is 10.7. The molecule has 44 heavy (non-hydrogen) atoms. The van der Waals surface area contributed by atoms with Gasteiger partial charge in [-0.1, -0.05) is 121 Å². The molecule has 0 aromatic heterocycles. The molecule has 6 rings (SSSR count). The summed E-state index contributed by atoms with van der Waals surface area (Å²) in [4.78, 5) is 0. The molecule has 0 radical (unpaired) electrons. The average molecular weight is 585 g/mol. The van der Waals surface area contributed by atoms with Gasteiger partial charge in [0.2, 0.25) is 0 Å². The predicted octanol–water partition coefficient (Wildman–Crippen LogP) is 7.90. The van der Waals surface area contributed by atoms with E-state index in [1.54, 1.807) is 14.2 Å². The van der Waals surface area contributed by atoms with Crippen LogP contribution in [0.5, 0.6) is 11.5 Å². The molecule has 0 spiro atoms. The summed E-state index contributed by atoms with van der Waals surface area (Å²) >= 11 is 0. The van der Waals surface area contributed by atoms with Crippen LogP contribution in [0.3, 0.4) is 0 Å². The van der Waals surface area contributed by atoms with Gasteiger partial charge < -0.3 is 24.1 Å². The van der Waals surface area contributed by atoms with Gasteiger partial charge in [0.05, 0.1) is 34.0 Å². The molecule has 5 heteroatoms. The fourth-order valence-electron chi connectivity index (χ4n) is 6.06. The van der Waals surface area contributed by atoms with Gasteiger partial charge in [-0.15, -0.1) is 0 Å². The number of rotatable bonds is 12. The molecule has 0 aliphatic rings. The lowest BCUT2D eigenvalue weighted by atomic mass is 9.79. The number of benzene rings is 6. The Balaban J connectivity index is 1.31. The van der Waals surface area contributed by atoms with Crippen LogP contribution in [0.2, 0.25) is 0 Å². The number of fused-ring (bicyclic) bond motifs is 2. The zero-order valence-corrected chi connectivity index (χ0v) is 25.0. The van der Waals surface area contributed by atoms with Gasteiger partial charge in [-0.2, -0.15) is 0 Å². The molecule has 1 N–H and O–H groups in total. The summed E-state index contributed by atoms with van der Waals surface area (Å²) in [6.45, 7) is 0.484. The number of hydrogen-bond acceptors (Lipinski definition) is 5. The van der Waals surface area contributed by atoms with Crippen LogP contribution in [0.1, 0.15) is 22.3 Å². The molecule has 6 aromatic carbocycles. The van der Waals surface area contributed by atoms with E-state index in [0.717, 1.165) is 43.8 Å². The van der Waals surface area contributed by atoms with Crippen molar-refractivity contribution in [2.75, 3.05) is 27.4 Å². The molecular weight excluding hydrogens is 548 g/mol. The number of methoxy groups -OCH3 is 2. The Morgan fingerprint density at radius 1 is 0.614 bits per heavy atom. The Labute approximate surface area is 258 Å². The summed E-state index contributed by atoms with van der Waals surface area (Å²) in [5.74, 6) is 1.16. The molecule has 1 atom stereocenters. The van der Waals surface area contributed by atoms with Crippen LogP contribution in [-0.2, 0) is 21.7 Å². The Morgan fingerprint density at radius 2 is 1.18 bits per heavy atom. The van der Waals surface area contributed by atoms with Crippen molar-refractivity contribution in [1.29, 1.82) is 0 Å². The molecule has 0 amide bonds. The molecule has 0 saturated carbocycles. The summed E-state index contributed by atoms with van der Waals surface area (Å²) in [6, 6.07) is 44.6. The lowest BCUT2D eigenvalue weighted by Gasteiger charge is -2.37. The fourth-order valence-corrected chi connectivity index (χ4v) is 6.06. The highest BCUT2D eigenvalue weighted by Gasteiger charge is 2.41. The average Bonchev–Trinajstić information content (AvgIpc) is 3.09. The smallest absolute Gasteiger partial charge is 0.167 e. The van der Waals surface area contributed by atoms with E-state index >= 15 is 0 Å². The van der Waals surface area contributed by atoms with Gasteiger partial charge in [-0.05, 0) is 50.4 Å². The van der Waals surface area contributed by atoms with Crippen molar-refractivity contribution >= 4 is 21.5 Å². The van der Waals surface area contributed by atoms with E-state index < -0.39 is 11.7 Å². The summed E-state index contributed by atoms with van der Waals surface area (Å²) in [5.41, 5.74) is 2.57. The Hall–Kier alpha value is -4.68. The summed E-state index contributed by atoms with van der Waals surface area (Å²) in [5, 5.41) is 15.9. The van der Waals surface area contributed by atoms with Crippen LogP contribution >= 0.6 is 0 Å². The molecule has 6 aromatic rings. The molecule has 0 fully saturated rings. The van der Waals surface area contributed by atoms with Crippen LogP contribution in [0.4, 0.5) is 0 Å². The molecule has 0 unspecified atom stereocenters. The summed E-state index contributed by atoms with van der Waals surface area (Å²) < 4.78 is 24.6. The summed E-state index contributed by atoms with van der Waals surface area (Å²) in [7, 11) is 3.25. The third-order valence-corrected chi connectivity index (χ3v) is 8.07. The predicted molar refractivity (Wildman–Crippen MR) is 175 cm³/mol. The SMILES string of the molecule is COc1cccc(C(OC[C@@H](O)COCc2c3ccccc3cc3ccccc23)(c2ccccc2)c2ccccc2)c1OC. The van der Waals surface area contributed by atoms with E-state index in [-0.39, 0.29) is 13.2 Å². The zero-order valence-electron chi connectivity index (χ0n) is 25.0. The Bertz CT molecular complexity index is 1740. The number of ether oxygens (including phenoxy) is 4. The van der Waals surface area contributed by atoms with Crippen molar-refractivity contribution < 1.29 is 24.1 Å². The Morgan fingerprint density at radius 3 is 1.75 bits per heavy atom. The molecule has 0 saturated heterocycles. The minimum Gasteiger partial charge on any atom is -0.493 e. The first-order valence-corrected chi connectivity index (χ1v) is 14.8. The highest BCUT2D eigenvalue weighted by Crippen LogP contribution is 2.47. The lowest BCUT2D eigenvalue weighted by Crippen LogP contribution is -2.37. The van der Waals surface area contributed by atoms with Crippen LogP contribution in [0.25, 0.3) is 21.5 Å². The molecule has 222 valence electrons.